The fraction of sp³-hybridized carbons (Fsp3) is 0.769. The zero-order valence-corrected chi connectivity index (χ0v) is 11.1. The summed E-state index contributed by atoms with van der Waals surface area (Å²) in [4.78, 5) is 14.0. The Morgan fingerprint density at radius 2 is 1.88 bits per heavy atom. The summed E-state index contributed by atoms with van der Waals surface area (Å²) in [6.07, 6.45) is 6.30. The van der Waals surface area contributed by atoms with Gasteiger partial charge in [0.25, 0.3) is 0 Å². The summed E-state index contributed by atoms with van der Waals surface area (Å²) in [6.45, 7) is 8.13. The summed E-state index contributed by atoms with van der Waals surface area (Å²) < 4.78 is 0. The van der Waals surface area contributed by atoms with Crippen LogP contribution in [0, 0.1) is 12.3 Å². The van der Waals surface area contributed by atoms with Crippen LogP contribution < -0.4 is 0 Å². The minimum absolute atomic E-state index is 0.130. The highest BCUT2D eigenvalue weighted by Crippen LogP contribution is 2.36. The summed E-state index contributed by atoms with van der Waals surface area (Å²) in [5.74, 6) is 2.36. The van der Waals surface area contributed by atoms with E-state index in [1.54, 1.807) is 4.90 Å². The largest absolute Gasteiger partial charge is 0.328 e. The number of nitrogens with zero attached hydrogens (tertiary/aromatic N) is 2. The van der Waals surface area contributed by atoms with Gasteiger partial charge in [0.05, 0.1) is 12.1 Å². The zero-order chi connectivity index (χ0) is 13.3. The van der Waals surface area contributed by atoms with Crippen molar-refractivity contribution in [1.82, 2.24) is 9.96 Å². The second kappa shape index (κ2) is 4.67. The predicted octanol–water partition coefficient (Wildman–Crippen LogP) is 1.45. The zero-order valence-electron chi connectivity index (χ0n) is 11.1. The van der Waals surface area contributed by atoms with Crippen LogP contribution in [0.25, 0.3) is 0 Å². The fourth-order valence-electron chi connectivity index (χ4n) is 2.64. The van der Waals surface area contributed by atoms with E-state index in [2.05, 4.69) is 5.92 Å². The standard InChI is InChI=1S/C13H21N2O2/c1-6-9-14-10-12(4,5)15(17)13(7-2,8-3)11(14)16/h1H,7-10H2,2-5H3. The molecule has 1 rings (SSSR count). The summed E-state index contributed by atoms with van der Waals surface area (Å²) in [6, 6.07) is 0. The third-order valence-corrected chi connectivity index (χ3v) is 3.65. The van der Waals surface area contributed by atoms with E-state index < -0.39 is 11.1 Å². The number of hydrogen-bond acceptors (Lipinski definition) is 2. The number of piperazine rings is 1. The highest BCUT2D eigenvalue weighted by atomic mass is 16.5. The maximum Gasteiger partial charge on any atom is 0.246 e. The van der Waals surface area contributed by atoms with Gasteiger partial charge in [-0.05, 0) is 26.7 Å². The van der Waals surface area contributed by atoms with Crippen LogP contribution >= 0.6 is 0 Å². The molecule has 1 fully saturated rings. The summed E-state index contributed by atoms with van der Waals surface area (Å²) >= 11 is 0. The quantitative estimate of drug-likeness (QED) is 0.697. The molecule has 0 aromatic heterocycles. The van der Waals surface area contributed by atoms with Crippen molar-refractivity contribution in [2.45, 2.75) is 51.6 Å². The second-order valence-corrected chi connectivity index (χ2v) is 5.21. The molecule has 0 atom stereocenters. The SMILES string of the molecule is C#CCN1CC(C)(C)N([O])C(CC)(CC)C1=O. The van der Waals surface area contributed by atoms with Gasteiger partial charge in [0, 0.05) is 6.54 Å². The Kier molecular flexibility index (Phi) is 3.85. The van der Waals surface area contributed by atoms with Gasteiger partial charge in [-0.1, -0.05) is 19.8 Å². The first-order chi connectivity index (χ1) is 7.85. The molecule has 1 aliphatic heterocycles. The maximum absolute atomic E-state index is 12.4. The molecular weight excluding hydrogens is 216 g/mol. The topological polar surface area (TPSA) is 43.5 Å². The molecular formula is C13H21N2O2. The van der Waals surface area contributed by atoms with E-state index in [4.69, 9.17) is 6.42 Å². The third kappa shape index (κ3) is 2.05. The van der Waals surface area contributed by atoms with Crippen molar-refractivity contribution < 1.29 is 10.0 Å². The van der Waals surface area contributed by atoms with Crippen molar-refractivity contribution in [1.29, 1.82) is 0 Å². The Morgan fingerprint density at radius 3 is 2.29 bits per heavy atom. The summed E-state index contributed by atoms with van der Waals surface area (Å²) in [7, 11) is 0. The Morgan fingerprint density at radius 1 is 1.35 bits per heavy atom. The van der Waals surface area contributed by atoms with Crippen molar-refractivity contribution in [3.05, 3.63) is 0 Å². The van der Waals surface area contributed by atoms with Crippen LogP contribution in [0.5, 0.6) is 0 Å². The molecule has 4 nitrogen and oxygen atoms in total. The summed E-state index contributed by atoms with van der Waals surface area (Å²) in [5.41, 5.74) is -1.53. The number of rotatable bonds is 3. The first-order valence-corrected chi connectivity index (χ1v) is 6.06. The molecule has 0 aromatic rings. The van der Waals surface area contributed by atoms with Crippen LogP contribution in [-0.4, -0.2) is 40.0 Å². The first kappa shape index (κ1) is 14.0. The van der Waals surface area contributed by atoms with Gasteiger partial charge in [-0.15, -0.1) is 16.7 Å². The van der Waals surface area contributed by atoms with Gasteiger partial charge in [0.15, 0.2) is 0 Å². The van der Waals surface area contributed by atoms with Gasteiger partial charge in [0.2, 0.25) is 5.91 Å². The van der Waals surface area contributed by atoms with Crippen LogP contribution in [0.3, 0.4) is 0 Å². The monoisotopic (exact) mass is 237 g/mol. The van der Waals surface area contributed by atoms with Gasteiger partial charge in [-0.3, -0.25) is 4.79 Å². The van der Waals surface area contributed by atoms with Crippen molar-refractivity contribution in [3.63, 3.8) is 0 Å². The fourth-order valence-corrected chi connectivity index (χ4v) is 2.64. The molecule has 0 aromatic carbocycles. The molecule has 4 heteroatoms. The highest BCUT2D eigenvalue weighted by Gasteiger charge is 2.54. The average Bonchev–Trinajstić information content (AvgIpc) is 2.28. The normalized spacial score (nSPS) is 23.5. The van der Waals surface area contributed by atoms with Crippen molar-refractivity contribution in [3.8, 4) is 12.3 Å². The van der Waals surface area contributed by atoms with Gasteiger partial charge in [0.1, 0.15) is 5.54 Å². The van der Waals surface area contributed by atoms with Gasteiger partial charge < -0.3 is 4.90 Å². The Labute approximate surface area is 104 Å². The predicted molar refractivity (Wildman–Crippen MR) is 65.3 cm³/mol. The average molecular weight is 237 g/mol. The van der Waals surface area contributed by atoms with Crippen LogP contribution in [0.1, 0.15) is 40.5 Å². The van der Waals surface area contributed by atoms with Crippen LogP contribution in [0.2, 0.25) is 0 Å². The molecule has 1 amide bonds. The smallest absolute Gasteiger partial charge is 0.246 e. The minimum Gasteiger partial charge on any atom is -0.328 e. The van der Waals surface area contributed by atoms with Crippen molar-refractivity contribution >= 4 is 5.91 Å². The van der Waals surface area contributed by atoms with Gasteiger partial charge in [-0.2, -0.15) is 0 Å². The lowest BCUT2D eigenvalue weighted by molar-refractivity contribution is -0.293. The van der Waals surface area contributed by atoms with E-state index in [1.807, 2.05) is 27.7 Å². The Hall–Kier alpha value is -1.05. The van der Waals surface area contributed by atoms with Gasteiger partial charge in [-0.25, -0.2) is 0 Å². The minimum atomic E-state index is -0.946. The lowest BCUT2D eigenvalue weighted by Gasteiger charge is -2.52. The molecule has 0 bridgehead atoms. The molecule has 0 N–H and O–H groups in total. The van der Waals surface area contributed by atoms with Crippen molar-refractivity contribution in [2.75, 3.05) is 13.1 Å². The highest BCUT2D eigenvalue weighted by molar-refractivity contribution is 5.87. The third-order valence-electron chi connectivity index (χ3n) is 3.65. The summed E-state index contributed by atoms with van der Waals surface area (Å²) in [5, 5.41) is 13.4. The number of carbonyl (C=O) groups excluding carboxylic acids is 1. The molecule has 1 radical (unpaired) electrons. The lowest BCUT2D eigenvalue weighted by atomic mass is 9.83. The van der Waals surface area contributed by atoms with E-state index >= 15 is 0 Å². The molecule has 0 unspecified atom stereocenters. The molecule has 0 saturated carbocycles. The van der Waals surface area contributed by atoms with E-state index in [-0.39, 0.29) is 12.5 Å². The van der Waals surface area contributed by atoms with Crippen LogP contribution in [-0.2, 0) is 10.0 Å². The molecule has 1 heterocycles. The van der Waals surface area contributed by atoms with E-state index in [0.29, 0.717) is 19.4 Å². The molecule has 1 aliphatic rings. The molecule has 1 saturated heterocycles. The van der Waals surface area contributed by atoms with Crippen molar-refractivity contribution in [2.24, 2.45) is 0 Å². The number of carbonyl (C=O) groups is 1. The molecule has 17 heavy (non-hydrogen) atoms. The number of amides is 1. The number of hydrogen-bond donors (Lipinski definition) is 0. The maximum atomic E-state index is 12.4. The Bertz CT molecular complexity index is 340. The van der Waals surface area contributed by atoms with E-state index in [9.17, 15) is 10.0 Å². The first-order valence-electron chi connectivity index (χ1n) is 6.06. The number of hydroxylamine groups is 2. The van der Waals surface area contributed by atoms with Gasteiger partial charge >= 0.3 is 0 Å². The lowest BCUT2D eigenvalue weighted by Crippen LogP contribution is -2.71. The van der Waals surface area contributed by atoms with E-state index in [1.165, 1.54) is 0 Å². The second-order valence-electron chi connectivity index (χ2n) is 5.21. The van der Waals surface area contributed by atoms with E-state index in [0.717, 1.165) is 5.06 Å². The molecule has 0 spiro atoms. The Balaban J connectivity index is 3.17. The molecule has 95 valence electrons. The molecule has 0 aliphatic carbocycles. The van der Waals surface area contributed by atoms with Crippen LogP contribution in [0.15, 0.2) is 0 Å². The van der Waals surface area contributed by atoms with Crippen LogP contribution in [0.4, 0.5) is 0 Å². The number of terminal acetylenes is 1.